The van der Waals surface area contributed by atoms with Crippen LogP contribution in [-0.4, -0.2) is 53.5 Å². The lowest BCUT2D eigenvalue weighted by molar-refractivity contribution is -0.122. The number of hydrogen-bond donors (Lipinski definition) is 1. The number of nitrogens with zero attached hydrogens (tertiary/aromatic N) is 4. The minimum Gasteiger partial charge on any atom is -0.437 e. The third-order valence-electron chi connectivity index (χ3n) is 4.75. The molecule has 3 heterocycles. The Morgan fingerprint density at radius 3 is 2.81 bits per heavy atom. The molecule has 1 N–H and O–H groups in total. The molecule has 0 radical (unpaired) electrons. The van der Waals surface area contributed by atoms with Gasteiger partial charge >= 0.3 is 0 Å². The van der Waals surface area contributed by atoms with Gasteiger partial charge in [0.15, 0.2) is 11.2 Å². The molecule has 4 rings (SSSR count). The van der Waals surface area contributed by atoms with E-state index in [-0.39, 0.29) is 12.5 Å². The van der Waals surface area contributed by atoms with Crippen molar-refractivity contribution in [2.24, 2.45) is 0 Å². The molecule has 140 valence electrons. The van der Waals surface area contributed by atoms with Crippen molar-refractivity contribution in [1.82, 2.24) is 20.2 Å². The van der Waals surface area contributed by atoms with Gasteiger partial charge in [-0.05, 0) is 36.8 Å². The number of pyridine rings is 1. The quantitative estimate of drug-likeness (QED) is 0.745. The molecular formula is C20H23N5O2. The maximum absolute atomic E-state index is 12.2. The summed E-state index contributed by atoms with van der Waals surface area (Å²) in [5, 5.41) is 2.88. The van der Waals surface area contributed by atoms with Crippen molar-refractivity contribution < 1.29 is 9.21 Å². The first kappa shape index (κ1) is 17.5. The Morgan fingerprint density at radius 2 is 2.04 bits per heavy atom. The highest BCUT2D eigenvalue weighted by molar-refractivity contribution is 5.78. The van der Waals surface area contributed by atoms with Crippen molar-refractivity contribution in [3.05, 3.63) is 54.0 Å². The Hall–Kier alpha value is -2.93. The summed E-state index contributed by atoms with van der Waals surface area (Å²) in [7, 11) is 0. The van der Waals surface area contributed by atoms with Crippen molar-refractivity contribution >= 4 is 22.8 Å². The summed E-state index contributed by atoms with van der Waals surface area (Å²) in [5.41, 5.74) is 3.72. The second-order valence-electron chi connectivity index (χ2n) is 6.81. The number of carbonyl (C=O) groups is 1. The second-order valence-corrected chi connectivity index (χ2v) is 6.81. The molecule has 1 aromatic carbocycles. The Morgan fingerprint density at radius 1 is 1.19 bits per heavy atom. The van der Waals surface area contributed by atoms with Gasteiger partial charge in [0.2, 0.25) is 11.8 Å². The van der Waals surface area contributed by atoms with Crippen LogP contribution in [0.25, 0.3) is 11.2 Å². The summed E-state index contributed by atoms with van der Waals surface area (Å²) in [5.74, 6) is 0.454. The van der Waals surface area contributed by atoms with Gasteiger partial charge in [-0.2, -0.15) is 4.98 Å². The van der Waals surface area contributed by atoms with Gasteiger partial charge in [-0.15, -0.1) is 0 Å². The van der Waals surface area contributed by atoms with Crippen molar-refractivity contribution in [2.45, 2.75) is 13.5 Å². The van der Waals surface area contributed by atoms with E-state index in [2.05, 4.69) is 56.3 Å². The summed E-state index contributed by atoms with van der Waals surface area (Å²) >= 11 is 0. The number of nitrogens with one attached hydrogen (secondary N) is 1. The molecule has 1 amide bonds. The van der Waals surface area contributed by atoms with E-state index in [1.165, 1.54) is 11.3 Å². The fourth-order valence-electron chi connectivity index (χ4n) is 3.31. The molecule has 7 nitrogen and oxygen atoms in total. The van der Waals surface area contributed by atoms with E-state index in [0.29, 0.717) is 23.7 Å². The van der Waals surface area contributed by atoms with Gasteiger partial charge in [-0.1, -0.05) is 12.1 Å². The third kappa shape index (κ3) is 4.25. The van der Waals surface area contributed by atoms with Crippen molar-refractivity contribution in [1.29, 1.82) is 0 Å². The highest BCUT2D eigenvalue weighted by Crippen LogP contribution is 2.17. The molecule has 1 aliphatic rings. The van der Waals surface area contributed by atoms with Gasteiger partial charge in [-0.25, -0.2) is 4.98 Å². The zero-order chi connectivity index (χ0) is 18.6. The molecule has 27 heavy (non-hydrogen) atoms. The van der Waals surface area contributed by atoms with Crippen molar-refractivity contribution in [3.63, 3.8) is 0 Å². The molecule has 0 saturated carbocycles. The number of benzene rings is 1. The molecule has 1 aliphatic heterocycles. The van der Waals surface area contributed by atoms with E-state index in [9.17, 15) is 4.79 Å². The molecule has 7 heteroatoms. The number of rotatable bonds is 5. The maximum Gasteiger partial charge on any atom is 0.234 e. The summed E-state index contributed by atoms with van der Waals surface area (Å²) in [4.78, 5) is 25.2. The zero-order valence-electron chi connectivity index (χ0n) is 15.4. The molecule has 1 saturated heterocycles. The van der Waals surface area contributed by atoms with Gasteiger partial charge in [-0.3, -0.25) is 9.69 Å². The standard InChI is InChI=1S/C20H23N5O2/c1-15-4-2-5-16(12-15)25-10-8-24(9-11-25)14-18(26)22-13-19-23-20-17(27-19)6-3-7-21-20/h2-7,12H,8-11,13-14H2,1H3,(H,22,26). The maximum atomic E-state index is 12.2. The first-order valence-corrected chi connectivity index (χ1v) is 9.18. The highest BCUT2D eigenvalue weighted by atomic mass is 16.3. The number of oxazole rings is 1. The Bertz CT molecular complexity index is 898. The minimum absolute atomic E-state index is 0.0192. The Kier molecular flexibility index (Phi) is 5.02. The number of aromatic nitrogens is 2. The fraction of sp³-hybridized carbons (Fsp3) is 0.350. The average molecular weight is 365 g/mol. The van der Waals surface area contributed by atoms with E-state index in [1.807, 2.05) is 6.07 Å². The molecule has 3 aromatic rings. The number of hydrogen-bond acceptors (Lipinski definition) is 6. The number of carbonyl (C=O) groups excluding carboxylic acids is 1. The van der Waals surface area contributed by atoms with Gasteiger partial charge in [0.05, 0.1) is 13.1 Å². The molecule has 1 fully saturated rings. The molecular weight excluding hydrogens is 342 g/mol. The summed E-state index contributed by atoms with van der Waals surface area (Å²) < 4.78 is 5.57. The molecule has 0 aliphatic carbocycles. The number of piperazine rings is 1. The van der Waals surface area contributed by atoms with E-state index in [1.54, 1.807) is 12.3 Å². The predicted molar refractivity (Wildman–Crippen MR) is 103 cm³/mol. The summed E-state index contributed by atoms with van der Waals surface area (Å²) in [6.45, 7) is 6.36. The van der Waals surface area contributed by atoms with Crippen molar-refractivity contribution in [2.75, 3.05) is 37.6 Å². The number of fused-ring (bicyclic) bond motifs is 1. The summed E-state index contributed by atoms with van der Waals surface area (Å²) in [6, 6.07) is 12.2. The first-order chi connectivity index (χ1) is 13.2. The van der Waals surface area contributed by atoms with Crippen LogP contribution in [0.4, 0.5) is 5.69 Å². The molecule has 0 bridgehead atoms. The normalized spacial score (nSPS) is 15.2. The van der Waals surface area contributed by atoms with E-state index >= 15 is 0 Å². The lowest BCUT2D eigenvalue weighted by atomic mass is 10.2. The van der Waals surface area contributed by atoms with Gasteiger partial charge in [0.25, 0.3) is 0 Å². The highest BCUT2D eigenvalue weighted by Gasteiger charge is 2.19. The number of aryl methyl sites for hydroxylation is 1. The van der Waals surface area contributed by atoms with Gasteiger partial charge in [0.1, 0.15) is 0 Å². The minimum atomic E-state index is -0.0192. The van der Waals surface area contributed by atoms with Gasteiger partial charge in [0, 0.05) is 38.1 Å². The van der Waals surface area contributed by atoms with Crippen LogP contribution < -0.4 is 10.2 Å². The van der Waals surface area contributed by atoms with E-state index < -0.39 is 0 Å². The number of anilines is 1. The van der Waals surface area contributed by atoms with Crippen LogP contribution in [0.2, 0.25) is 0 Å². The predicted octanol–water partition coefficient (Wildman–Crippen LogP) is 1.97. The molecule has 0 spiro atoms. The van der Waals surface area contributed by atoms with Crippen LogP contribution in [0.15, 0.2) is 47.0 Å². The van der Waals surface area contributed by atoms with Crippen molar-refractivity contribution in [3.8, 4) is 0 Å². The van der Waals surface area contributed by atoms with E-state index in [0.717, 1.165) is 26.2 Å². The van der Waals surface area contributed by atoms with Crippen LogP contribution in [0.1, 0.15) is 11.5 Å². The molecule has 0 atom stereocenters. The van der Waals surface area contributed by atoms with Crippen LogP contribution >= 0.6 is 0 Å². The lowest BCUT2D eigenvalue weighted by Gasteiger charge is -2.35. The molecule has 0 unspecified atom stereocenters. The first-order valence-electron chi connectivity index (χ1n) is 9.18. The zero-order valence-corrected chi connectivity index (χ0v) is 15.4. The Labute approximate surface area is 158 Å². The monoisotopic (exact) mass is 365 g/mol. The van der Waals surface area contributed by atoms with Crippen LogP contribution in [0.3, 0.4) is 0 Å². The van der Waals surface area contributed by atoms with Crippen LogP contribution in [-0.2, 0) is 11.3 Å². The number of amides is 1. The lowest BCUT2D eigenvalue weighted by Crippen LogP contribution is -2.49. The van der Waals surface area contributed by atoms with E-state index in [4.69, 9.17) is 4.42 Å². The Balaban J connectivity index is 1.24. The SMILES string of the molecule is Cc1cccc(N2CCN(CC(=O)NCc3nc4ncccc4o3)CC2)c1. The topological polar surface area (TPSA) is 74.5 Å². The largest absolute Gasteiger partial charge is 0.437 e. The average Bonchev–Trinajstić information content (AvgIpc) is 3.10. The van der Waals surface area contributed by atoms with Crippen LogP contribution in [0, 0.1) is 6.92 Å². The fourth-order valence-corrected chi connectivity index (χ4v) is 3.31. The van der Waals surface area contributed by atoms with Crippen LogP contribution in [0.5, 0.6) is 0 Å². The second kappa shape index (κ2) is 7.75. The molecule has 2 aromatic heterocycles. The summed E-state index contributed by atoms with van der Waals surface area (Å²) in [6.07, 6.45) is 1.67. The third-order valence-corrected chi connectivity index (χ3v) is 4.75. The van der Waals surface area contributed by atoms with Gasteiger partial charge < -0.3 is 14.6 Å². The smallest absolute Gasteiger partial charge is 0.234 e.